The van der Waals surface area contributed by atoms with E-state index in [4.69, 9.17) is 0 Å². The molecular formula is C36H55N5O6S. The summed E-state index contributed by atoms with van der Waals surface area (Å²) >= 11 is 0. The van der Waals surface area contributed by atoms with Gasteiger partial charge in [0.05, 0.1) is 22.9 Å². The van der Waals surface area contributed by atoms with E-state index in [1.165, 1.54) is 13.8 Å². The van der Waals surface area contributed by atoms with Crippen LogP contribution in [0, 0.1) is 11.8 Å². The van der Waals surface area contributed by atoms with Gasteiger partial charge in [-0.15, -0.1) is 0 Å². The van der Waals surface area contributed by atoms with E-state index in [0.29, 0.717) is 24.8 Å². The maximum Gasteiger partial charge on any atom is 0.244 e. The third-order valence-electron chi connectivity index (χ3n) is 10.0. The Morgan fingerprint density at radius 3 is 2.17 bits per heavy atom. The number of β-amino-alcohol motifs (C(OH)–C–C–N with tert-alkyl or cyclic N) is 1. The first-order valence-corrected chi connectivity index (χ1v) is 19.0. The first-order valence-electron chi connectivity index (χ1n) is 17.1. The Morgan fingerprint density at radius 1 is 0.938 bits per heavy atom. The minimum atomic E-state index is -3.83. The summed E-state index contributed by atoms with van der Waals surface area (Å²) in [5.41, 5.74) is 0.451. The molecule has 1 aliphatic heterocycles. The standard InChI is InChI=1S/C36H55N5O6S/c1-35(2,3)39-33(44)29-21-26-16-10-11-17-27(26)22-41(29)23-30(42)28(20-25-14-8-7-9-15-25)37-34(45)32(36(4,5)48(6,46)47)38-31(43)24-40-18-12-13-19-40/h7-9,12-15,18-19,26-30,32,42H,10-11,16-17,20-24H2,1-6H3,(H,37,45)(H,38,43)(H,39,44). The number of carbonyl (C=O) groups is 3. The number of piperidine rings is 1. The summed E-state index contributed by atoms with van der Waals surface area (Å²) in [6.07, 6.45) is 8.81. The van der Waals surface area contributed by atoms with Gasteiger partial charge < -0.3 is 25.6 Å². The van der Waals surface area contributed by atoms with E-state index in [1.54, 1.807) is 29.1 Å². The predicted octanol–water partition coefficient (Wildman–Crippen LogP) is 2.68. The average molecular weight is 686 g/mol. The molecule has 1 aliphatic carbocycles. The molecule has 1 saturated heterocycles. The predicted molar refractivity (Wildman–Crippen MR) is 187 cm³/mol. The number of amides is 3. The summed E-state index contributed by atoms with van der Waals surface area (Å²) in [5, 5.41) is 20.6. The minimum Gasteiger partial charge on any atom is -0.390 e. The summed E-state index contributed by atoms with van der Waals surface area (Å²) in [7, 11) is -3.83. The lowest BCUT2D eigenvalue weighted by atomic mass is 9.72. The van der Waals surface area contributed by atoms with E-state index in [0.717, 1.165) is 37.5 Å². The van der Waals surface area contributed by atoms with Crippen molar-refractivity contribution in [3.8, 4) is 0 Å². The Bertz CT molecular complexity index is 1490. The van der Waals surface area contributed by atoms with Gasteiger partial charge in [-0.05, 0) is 83.4 Å². The van der Waals surface area contributed by atoms with Gasteiger partial charge >= 0.3 is 0 Å². The summed E-state index contributed by atoms with van der Waals surface area (Å²) in [6.45, 7) is 9.41. The van der Waals surface area contributed by atoms with Gasteiger partial charge in [0.2, 0.25) is 17.7 Å². The maximum absolute atomic E-state index is 14.1. The number of hydrogen-bond donors (Lipinski definition) is 4. The Kier molecular flexibility index (Phi) is 12.2. The molecule has 4 rings (SSSR count). The third-order valence-corrected chi connectivity index (χ3v) is 12.2. The van der Waals surface area contributed by atoms with Crippen molar-refractivity contribution in [2.45, 2.75) is 114 Å². The second-order valence-corrected chi connectivity index (χ2v) is 17.9. The van der Waals surface area contributed by atoms with Crippen LogP contribution in [-0.2, 0) is 37.2 Å². The zero-order valence-corrected chi connectivity index (χ0v) is 30.1. The summed E-state index contributed by atoms with van der Waals surface area (Å²) in [5.74, 6) is -0.410. The Hall–Kier alpha value is -3.22. The SMILES string of the molecule is CC(C)(C)NC(=O)C1CC2CCCCC2CN1CC(O)C(Cc1ccccc1)NC(=O)C(NC(=O)Cn1cccc1)C(C)(C)S(C)(=O)=O. The van der Waals surface area contributed by atoms with Crippen LogP contribution in [-0.4, -0.2) is 94.6 Å². The lowest BCUT2D eigenvalue weighted by molar-refractivity contribution is -0.133. The lowest BCUT2D eigenvalue weighted by Gasteiger charge is -2.47. The molecule has 1 saturated carbocycles. The van der Waals surface area contributed by atoms with Crippen LogP contribution >= 0.6 is 0 Å². The minimum absolute atomic E-state index is 0.0669. The van der Waals surface area contributed by atoms with Gasteiger partial charge in [-0.1, -0.05) is 49.6 Å². The fourth-order valence-corrected chi connectivity index (χ4v) is 7.62. The zero-order valence-electron chi connectivity index (χ0n) is 29.3. The maximum atomic E-state index is 14.1. The molecule has 12 heteroatoms. The van der Waals surface area contributed by atoms with Crippen molar-refractivity contribution < 1.29 is 27.9 Å². The Labute approximate surface area is 286 Å². The summed E-state index contributed by atoms with van der Waals surface area (Å²) in [4.78, 5) is 42.9. The van der Waals surface area contributed by atoms with Crippen molar-refractivity contribution in [1.82, 2.24) is 25.4 Å². The van der Waals surface area contributed by atoms with E-state index < -0.39 is 56.2 Å². The van der Waals surface area contributed by atoms with E-state index in [-0.39, 0.29) is 25.4 Å². The van der Waals surface area contributed by atoms with Crippen LogP contribution in [0.2, 0.25) is 0 Å². The van der Waals surface area contributed by atoms with Crippen LogP contribution < -0.4 is 16.0 Å². The number of aromatic nitrogens is 1. The molecule has 6 atom stereocenters. The van der Waals surface area contributed by atoms with Gasteiger partial charge in [-0.3, -0.25) is 19.3 Å². The third kappa shape index (κ3) is 9.92. The van der Waals surface area contributed by atoms with Crippen molar-refractivity contribution in [3.05, 3.63) is 60.4 Å². The number of fused-ring (bicyclic) bond motifs is 1. The van der Waals surface area contributed by atoms with Gasteiger partial charge in [0.1, 0.15) is 12.6 Å². The Morgan fingerprint density at radius 2 is 1.56 bits per heavy atom. The molecule has 0 radical (unpaired) electrons. The number of sulfone groups is 1. The van der Waals surface area contributed by atoms with Crippen LogP contribution in [0.15, 0.2) is 54.9 Å². The highest BCUT2D eigenvalue weighted by Crippen LogP contribution is 2.39. The monoisotopic (exact) mass is 685 g/mol. The number of rotatable bonds is 13. The smallest absolute Gasteiger partial charge is 0.244 e. The second kappa shape index (κ2) is 15.6. The van der Waals surface area contributed by atoms with Crippen molar-refractivity contribution in [2.75, 3.05) is 19.3 Å². The van der Waals surface area contributed by atoms with Crippen LogP contribution in [0.25, 0.3) is 0 Å². The molecule has 1 aromatic heterocycles. The number of likely N-dealkylation sites (tertiary alicyclic amines) is 1. The first-order chi connectivity index (χ1) is 22.4. The number of nitrogens with one attached hydrogen (secondary N) is 3. The molecule has 6 unspecified atom stereocenters. The summed E-state index contributed by atoms with van der Waals surface area (Å²) < 4.78 is 25.9. The van der Waals surface area contributed by atoms with E-state index >= 15 is 0 Å². The highest BCUT2D eigenvalue weighted by molar-refractivity contribution is 7.92. The van der Waals surface area contributed by atoms with Crippen molar-refractivity contribution in [1.29, 1.82) is 0 Å². The topological polar surface area (TPSA) is 150 Å². The van der Waals surface area contributed by atoms with Crippen LogP contribution in [0.4, 0.5) is 0 Å². The second-order valence-electron chi connectivity index (χ2n) is 15.4. The lowest BCUT2D eigenvalue weighted by Crippen LogP contribution is -2.64. The van der Waals surface area contributed by atoms with Crippen molar-refractivity contribution in [3.63, 3.8) is 0 Å². The summed E-state index contributed by atoms with van der Waals surface area (Å²) in [6, 6.07) is 10.3. The van der Waals surface area contributed by atoms with Gasteiger partial charge in [-0.2, -0.15) is 0 Å². The quantitative estimate of drug-likeness (QED) is 0.253. The molecule has 2 aromatic rings. The van der Waals surface area contributed by atoms with E-state index in [9.17, 15) is 27.9 Å². The number of aliphatic hydroxyl groups is 1. The molecule has 48 heavy (non-hydrogen) atoms. The molecule has 0 bridgehead atoms. The molecule has 0 spiro atoms. The van der Waals surface area contributed by atoms with Crippen molar-refractivity contribution >= 4 is 27.6 Å². The highest BCUT2D eigenvalue weighted by atomic mass is 32.2. The van der Waals surface area contributed by atoms with Gasteiger partial charge in [0.15, 0.2) is 9.84 Å². The average Bonchev–Trinajstić information content (AvgIpc) is 3.51. The number of benzene rings is 1. The number of aliphatic hydroxyl groups excluding tert-OH is 1. The molecule has 11 nitrogen and oxygen atoms in total. The van der Waals surface area contributed by atoms with Crippen LogP contribution in [0.5, 0.6) is 0 Å². The fourth-order valence-electron chi connectivity index (χ4n) is 7.03. The molecule has 3 amide bonds. The first kappa shape index (κ1) is 37.6. The number of carbonyl (C=O) groups excluding carboxylic acids is 3. The fraction of sp³-hybridized carbons (Fsp3) is 0.639. The van der Waals surface area contributed by atoms with Gasteiger partial charge in [0, 0.05) is 37.3 Å². The Balaban J connectivity index is 1.60. The van der Waals surface area contributed by atoms with Crippen molar-refractivity contribution in [2.24, 2.45) is 11.8 Å². The van der Waals surface area contributed by atoms with Gasteiger partial charge in [-0.25, -0.2) is 8.42 Å². The molecule has 266 valence electrons. The van der Waals surface area contributed by atoms with Crippen LogP contribution in [0.3, 0.4) is 0 Å². The molecule has 2 aliphatic rings. The normalized spacial score (nSPS) is 22.5. The van der Waals surface area contributed by atoms with E-state index in [1.807, 2.05) is 51.1 Å². The molecule has 1 aromatic carbocycles. The van der Waals surface area contributed by atoms with Crippen LogP contribution in [0.1, 0.15) is 72.3 Å². The molecular weight excluding hydrogens is 630 g/mol. The number of nitrogens with zero attached hydrogens (tertiary/aromatic N) is 2. The number of hydrogen-bond acceptors (Lipinski definition) is 7. The van der Waals surface area contributed by atoms with E-state index in [2.05, 4.69) is 20.9 Å². The molecule has 2 heterocycles. The molecule has 4 N–H and O–H groups in total. The molecule has 2 fully saturated rings. The highest BCUT2D eigenvalue weighted by Gasteiger charge is 2.46. The largest absolute Gasteiger partial charge is 0.390 e. The van der Waals surface area contributed by atoms with Gasteiger partial charge in [0.25, 0.3) is 0 Å². The zero-order chi connectivity index (χ0) is 35.3.